The minimum absolute atomic E-state index is 0.162. The summed E-state index contributed by atoms with van der Waals surface area (Å²) >= 11 is 7.28. The molecule has 3 aromatic rings. The molecule has 0 saturated carbocycles. The average molecular weight is 426 g/mol. The van der Waals surface area contributed by atoms with Gasteiger partial charge in [-0.3, -0.25) is 4.79 Å². The molecule has 3 rings (SSSR count). The predicted molar refractivity (Wildman–Crippen MR) is 103 cm³/mol. The van der Waals surface area contributed by atoms with Crippen molar-refractivity contribution >= 4 is 29.3 Å². The molecule has 0 saturated heterocycles. The first-order valence-corrected chi connectivity index (χ1v) is 9.60. The monoisotopic (exact) mass is 425 g/mol. The summed E-state index contributed by atoms with van der Waals surface area (Å²) in [5.41, 5.74) is -1.48. The van der Waals surface area contributed by atoms with Crippen LogP contribution in [0.1, 0.15) is 16.1 Å². The Morgan fingerprint density at radius 2 is 1.79 bits per heavy atom. The van der Waals surface area contributed by atoms with Crippen LogP contribution >= 0.6 is 23.4 Å². The van der Waals surface area contributed by atoms with Gasteiger partial charge in [-0.05, 0) is 36.4 Å². The van der Waals surface area contributed by atoms with Crippen LogP contribution in [0, 0.1) is 0 Å². The first-order valence-electron chi connectivity index (χ1n) is 8.23. The summed E-state index contributed by atoms with van der Waals surface area (Å²) in [6.45, 7) is 0.224. The normalized spacial score (nSPS) is 11.4. The third-order valence-corrected chi connectivity index (χ3v) is 5.02. The Morgan fingerprint density at radius 3 is 2.43 bits per heavy atom. The highest BCUT2D eigenvalue weighted by molar-refractivity contribution is 7.99. The zero-order chi connectivity index (χ0) is 20.1. The van der Waals surface area contributed by atoms with Crippen molar-refractivity contribution in [2.75, 3.05) is 12.3 Å². The number of alkyl halides is 3. The van der Waals surface area contributed by atoms with Crippen LogP contribution in [-0.4, -0.2) is 28.0 Å². The molecular formula is C19H15ClF3N3OS. The number of nitrogens with zero attached hydrogens (tertiary/aromatic N) is 2. The van der Waals surface area contributed by atoms with E-state index in [2.05, 4.69) is 10.4 Å². The highest BCUT2D eigenvalue weighted by atomic mass is 35.5. The van der Waals surface area contributed by atoms with Gasteiger partial charge in [0.2, 0.25) is 0 Å². The molecular weight excluding hydrogens is 411 g/mol. The maximum absolute atomic E-state index is 13.6. The van der Waals surface area contributed by atoms with Crippen molar-refractivity contribution in [3.05, 3.63) is 77.1 Å². The van der Waals surface area contributed by atoms with E-state index >= 15 is 0 Å². The first-order chi connectivity index (χ1) is 13.4. The Labute approximate surface area is 168 Å². The van der Waals surface area contributed by atoms with Gasteiger partial charge >= 0.3 is 6.18 Å². The number of halogens is 4. The van der Waals surface area contributed by atoms with Crippen LogP contribution in [-0.2, 0) is 6.18 Å². The van der Waals surface area contributed by atoms with Crippen LogP contribution in [0.2, 0.25) is 5.02 Å². The largest absolute Gasteiger partial charge is 0.434 e. The van der Waals surface area contributed by atoms with E-state index in [-0.39, 0.29) is 12.2 Å². The minimum atomic E-state index is -4.75. The van der Waals surface area contributed by atoms with Crippen molar-refractivity contribution in [2.45, 2.75) is 11.1 Å². The molecule has 4 nitrogen and oxygen atoms in total. The number of aromatic nitrogens is 2. The Balaban J connectivity index is 1.73. The van der Waals surface area contributed by atoms with Gasteiger partial charge in [0.1, 0.15) is 0 Å². The van der Waals surface area contributed by atoms with Gasteiger partial charge in [-0.1, -0.05) is 29.8 Å². The molecule has 28 heavy (non-hydrogen) atoms. The number of amides is 1. The molecule has 0 spiro atoms. The summed E-state index contributed by atoms with van der Waals surface area (Å²) in [4.78, 5) is 13.3. The Hall–Kier alpha value is -2.45. The van der Waals surface area contributed by atoms with Crippen LogP contribution in [0.5, 0.6) is 0 Å². The van der Waals surface area contributed by atoms with E-state index < -0.39 is 23.3 Å². The van der Waals surface area contributed by atoms with Crippen molar-refractivity contribution in [1.29, 1.82) is 0 Å². The maximum Gasteiger partial charge on any atom is 0.434 e. The summed E-state index contributed by atoms with van der Waals surface area (Å²) in [6, 6.07) is 15.2. The number of carbonyl (C=O) groups is 1. The Bertz CT molecular complexity index is 943. The van der Waals surface area contributed by atoms with Crippen molar-refractivity contribution in [3.8, 4) is 5.69 Å². The molecule has 0 aliphatic carbocycles. The van der Waals surface area contributed by atoms with Crippen LogP contribution in [0.4, 0.5) is 13.2 Å². The molecule has 0 atom stereocenters. The summed E-state index contributed by atoms with van der Waals surface area (Å²) in [5.74, 6) is -0.288. The van der Waals surface area contributed by atoms with Crippen molar-refractivity contribution in [1.82, 2.24) is 15.1 Å². The number of hydrogen-bond donors (Lipinski definition) is 1. The molecule has 1 aromatic heterocycles. The number of nitrogens with one attached hydrogen (secondary N) is 1. The van der Waals surface area contributed by atoms with Gasteiger partial charge in [-0.2, -0.15) is 18.3 Å². The third-order valence-electron chi connectivity index (χ3n) is 3.75. The van der Waals surface area contributed by atoms with Gasteiger partial charge in [0.05, 0.1) is 17.4 Å². The molecule has 0 radical (unpaired) electrons. The van der Waals surface area contributed by atoms with E-state index in [1.165, 1.54) is 36.0 Å². The van der Waals surface area contributed by atoms with Gasteiger partial charge in [-0.15, -0.1) is 11.8 Å². The van der Waals surface area contributed by atoms with Crippen LogP contribution in [0.15, 0.2) is 65.7 Å². The quantitative estimate of drug-likeness (QED) is 0.443. The fraction of sp³-hybridized carbons (Fsp3) is 0.158. The minimum Gasteiger partial charge on any atom is -0.351 e. The average Bonchev–Trinajstić information content (AvgIpc) is 3.12. The fourth-order valence-electron chi connectivity index (χ4n) is 2.51. The standard InChI is InChI=1S/C19H15ClF3N3OS/c20-13-6-8-14(9-7-13)26-17(19(21,22)23)16(12-25-26)18(27)24-10-11-28-15-4-2-1-3-5-15/h1-9,12H,10-11H2,(H,24,27). The van der Waals surface area contributed by atoms with Gasteiger partial charge in [0.25, 0.3) is 5.91 Å². The summed E-state index contributed by atoms with van der Waals surface area (Å²) < 4.78 is 41.5. The first kappa shape index (κ1) is 20.3. The Morgan fingerprint density at radius 1 is 1.11 bits per heavy atom. The molecule has 146 valence electrons. The van der Waals surface area contributed by atoms with Gasteiger partial charge < -0.3 is 5.32 Å². The lowest BCUT2D eigenvalue weighted by atomic mass is 10.2. The Kier molecular flexibility index (Phi) is 6.31. The second-order valence-electron chi connectivity index (χ2n) is 5.71. The number of thioether (sulfide) groups is 1. The maximum atomic E-state index is 13.6. The second-order valence-corrected chi connectivity index (χ2v) is 7.32. The summed E-state index contributed by atoms with van der Waals surface area (Å²) in [6.07, 6.45) is -3.82. The molecule has 0 aliphatic heterocycles. The SMILES string of the molecule is O=C(NCCSc1ccccc1)c1cnn(-c2ccc(Cl)cc2)c1C(F)(F)F. The zero-order valence-corrected chi connectivity index (χ0v) is 16.0. The number of benzene rings is 2. The fourth-order valence-corrected chi connectivity index (χ4v) is 3.43. The zero-order valence-electron chi connectivity index (χ0n) is 14.4. The van der Waals surface area contributed by atoms with Gasteiger partial charge in [0, 0.05) is 22.2 Å². The van der Waals surface area contributed by atoms with Crippen LogP contribution in [0.25, 0.3) is 5.69 Å². The molecule has 1 amide bonds. The van der Waals surface area contributed by atoms with E-state index in [0.29, 0.717) is 15.5 Å². The van der Waals surface area contributed by atoms with Gasteiger partial charge in [0.15, 0.2) is 5.69 Å². The number of carbonyl (C=O) groups excluding carboxylic acids is 1. The second kappa shape index (κ2) is 8.70. The highest BCUT2D eigenvalue weighted by Crippen LogP contribution is 2.33. The van der Waals surface area contributed by atoms with Crippen LogP contribution < -0.4 is 5.32 Å². The topological polar surface area (TPSA) is 46.9 Å². The van der Waals surface area contributed by atoms with E-state index in [9.17, 15) is 18.0 Å². The number of hydrogen-bond acceptors (Lipinski definition) is 3. The molecule has 9 heteroatoms. The van der Waals surface area contributed by atoms with Crippen LogP contribution in [0.3, 0.4) is 0 Å². The molecule has 0 unspecified atom stereocenters. The summed E-state index contributed by atoms with van der Waals surface area (Å²) in [5, 5.41) is 6.68. The van der Waals surface area contributed by atoms with Crippen molar-refractivity contribution in [3.63, 3.8) is 0 Å². The summed E-state index contributed by atoms with van der Waals surface area (Å²) in [7, 11) is 0. The van der Waals surface area contributed by atoms with E-state index in [4.69, 9.17) is 11.6 Å². The van der Waals surface area contributed by atoms with E-state index in [0.717, 1.165) is 11.1 Å². The lowest BCUT2D eigenvalue weighted by Gasteiger charge is -2.13. The predicted octanol–water partition coefficient (Wildman–Crippen LogP) is 5.07. The van der Waals surface area contributed by atoms with E-state index in [1.54, 1.807) is 0 Å². The number of rotatable bonds is 6. The third kappa shape index (κ3) is 4.88. The smallest absolute Gasteiger partial charge is 0.351 e. The highest BCUT2D eigenvalue weighted by Gasteiger charge is 2.40. The molecule has 0 aliphatic rings. The molecule has 2 aromatic carbocycles. The molecule has 1 heterocycles. The molecule has 0 fully saturated rings. The molecule has 1 N–H and O–H groups in total. The lowest BCUT2D eigenvalue weighted by Crippen LogP contribution is -2.28. The lowest BCUT2D eigenvalue weighted by molar-refractivity contribution is -0.143. The van der Waals surface area contributed by atoms with Gasteiger partial charge in [-0.25, -0.2) is 4.68 Å². The van der Waals surface area contributed by atoms with Crippen molar-refractivity contribution < 1.29 is 18.0 Å². The van der Waals surface area contributed by atoms with Crippen molar-refractivity contribution in [2.24, 2.45) is 0 Å². The molecule has 0 bridgehead atoms. The van der Waals surface area contributed by atoms with E-state index in [1.807, 2.05) is 30.3 Å².